The first kappa shape index (κ1) is 27.8. The SMILES string of the molecule is CC(C)CNC(=O)CN1CCN(COC=O)CCN(CC(=O)O)CCN(CC(=O)O)CC1. The molecule has 0 aromatic rings. The van der Waals surface area contributed by atoms with Crippen LogP contribution in [-0.2, 0) is 23.9 Å². The summed E-state index contributed by atoms with van der Waals surface area (Å²) >= 11 is 0. The van der Waals surface area contributed by atoms with Gasteiger partial charge in [-0.05, 0) is 5.92 Å². The number of carbonyl (C=O) groups is 4. The number of ether oxygens (including phenoxy) is 1. The first-order valence-electron chi connectivity index (χ1n) is 10.8. The Labute approximate surface area is 189 Å². The Morgan fingerprint density at radius 2 is 1.22 bits per heavy atom. The minimum absolute atomic E-state index is 0.0724. The summed E-state index contributed by atoms with van der Waals surface area (Å²) in [6.45, 7) is 8.48. The number of nitrogens with zero attached hydrogens (tertiary/aromatic N) is 4. The number of amides is 1. The van der Waals surface area contributed by atoms with E-state index in [9.17, 15) is 29.4 Å². The Balaban J connectivity index is 2.89. The van der Waals surface area contributed by atoms with E-state index < -0.39 is 11.9 Å². The van der Waals surface area contributed by atoms with Gasteiger partial charge in [0.2, 0.25) is 5.91 Å². The fourth-order valence-corrected chi connectivity index (χ4v) is 3.28. The topological polar surface area (TPSA) is 143 Å². The predicted molar refractivity (Wildman–Crippen MR) is 116 cm³/mol. The Morgan fingerprint density at radius 3 is 1.59 bits per heavy atom. The van der Waals surface area contributed by atoms with Crippen LogP contribution in [0.15, 0.2) is 0 Å². The minimum atomic E-state index is -0.962. The summed E-state index contributed by atoms with van der Waals surface area (Å²) in [5.74, 6) is -1.68. The lowest BCUT2D eigenvalue weighted by Gasteiger charge is -2.33. The second-order valence-corrected chi connectivity index (χ2v) is 8.32. The molecule has 12 heteroatoms. The lowest BCUT2D eigenvalue weighted by atomic mass is 10.2. The third-order valence-corrected chi connectivity index (χ3v) is 5.05. The van der Waals surface area contributed by atoms with Crippen LogP contribution in [-0.4, -0.2) is 139 Å². The molecule has 0 atom stereocenters. The molecular weight excluding hydrogens is 422 g/mol. The van der Waals surface area contributed by atoms with Crippen molar-refractivity contribution in [3.8, 4) is 0 Å². The summed E-state index contributed by atoms with van der Waals surface area (Å²) in [6, 6.07) is 0. The van der Waals surface area contributed by atoms with Crippen molar-refractivity contribution in [2.45, 2.75) is 13.8 Å². The highest BCUT2D eigenvalue weighted by Gasteiger charge is 2.20. The van der Waals surface area contributed by atoms with Crippen molar-refractivity contribution in [3.05, 3.63) is 0 Å². The van der Waals surface area contributed by atoms with Crippen LogP contribution in [0.25, 0.3) is 0 Å². The van der Waals surface area contributed by atoms with Gasteiger partial charge in [-0.2, -0.15) is 0 Å². The summed E-state index contributed by atoms with van der Waals surface area (Å²) in [5.41, 5.74) is 0. The molecule has 0 radical (unpaired) electrons. The number of aliphatic carboxylic acids is 2. The average Bonchev–Trinajstić information content (AvgIpc) is 2.70. The molecule has 3 N–H and O–H groups in total. The second-order valence-electron chi connectivity index (χ2n) is 8.32. The van der Waals surface area contributed by atoms with Crippen LogP contribution in [0.5, 0.6) is 0 Å². The molecule has 184 valence electrons. The van der Waals surface area contributed by atoms with E-state index in [1.807, 2.05) is 23.6 Å². The van der Waals surface area contributed by atoms with Crippen LogP contribution >= 0.6 is 0 Å². The first-order valence-corrected chi connectivity index (χ1v) is 10.8. The van der Waals surface area contributed by atoms with E-state index in [-0.39, 0.29) is 32.3 Å². The average molecular weight is 460 g/mol. The smallest absolute Gasteiger partial charge is 0.317 e. The number of carboxylic acid groups (broad SMARTS) is 2. The molecule has 12 nitrogen and oxygen atoms in total. The van der Waals surface area contributed by atoms with Gasteiger partial charge in [0.05, 0.1) is 19.6 Å². The van der Waals surface area contributed by atoms with E-state index in [2.05, 4.69) is 5.32 Å². The van der Waals surface area contributed by atoms with E-state index in [4.69, 9.17) is 4.74 Å². The highest BCUT2D eigenvalue weighted by atomic mass is 16.5. The highest BCUT2D eigenvalue weighted by molar-refractivity contribution is 5.78. The zero-order chi connectivity index (χ0) is 23.9. The standard InChI is InChI=1S/C20H37N5O7/c1-17(2)11-21-18(27)12-22-3-4-23(13-19(28)29)5-6-24(14-20(30)31)8-10-25(9-7-22)15-32-16-26/h16-17H,3-15H2,1-2H3,(H,21,27)(H,28,29)(H,30,31). The molecule has 0 saturated carbocycles. The third-order valence-electron chi connectivity index (χ3n) is 5.05. The number of carboxylic acids is 2. The molecule has 1 fully saturated rings. The van der Waals surface area contributed by atoms with Crippen molar-refractivity contribution in [1.29, 1.82) is 0 Å². The van der Waals surface area contributed by atoms with Crippen molar-refractivity contribution >= 4 is 24.3 Å². The molecule has 0 bridgehead atoms. The fourth-order valence-electron chi connectivity index (χ4n) is 3.28. The van der Waals surface area contributed by atoms with Gasteiger partial charge < -0.3 is 20.3 Å². The molecular formula is C20H37N5O7. The van der Waals surface area contributed by atoms with Crippen molar-refractivity contribution in [3.63, 3.8) is 0 Å². The Morgan fingerprint density at radius 1 is 0.812 bits per heavy atom. The van der Waals surface area contributed by atoms with Crippen molar-refractivity contribution in [2.75, 3.05) is 85.3 Å². The monoisotopic (exact) mass is 459 g/mol. The largest absolute Gasteiger partial charge is 0.480 e. The zero-order valence-electron chi connectivity index (χ0n) is 19.1. The molecule has 1 rings (SSSR count). The van der Waals surface area contributed by atoms with E-state index in [0.717, 1.165) is 0 Å². The summed E-state index contributed by atoms with van der Waals surface area (Å²) in [5, 5.41) is 21.3. The Kier molecular flexibility index (Phi) is 13.5. The van der Waals surface area contributed by atoms with E-state index in [1.54, 1.807) is 9.80 Å². The normalized spacial score (nSPS) is 18.5. The number of hydrogen-bond acceptors (Lipinski definition) is 9. The van der Waals surface area contributed by atoms with E-state index in [1.165, 1.54) is 0 Å². The first-order chi connectivity index (χ1) is 15.2. The number of nitrogens with one attached hydrogen (secondary N) is 1. The minimum Gasteiger partial charge on any atom is -0.480 e. The van der Waals surface area contributed by atoms with E-state index in [0.29, 0.717) is 71.3 Å². The summed E-state index contributed by atoms with van der Waals surface area (Å²) in [4.78, 5) is 52.8. The Hall–Kier alpha value is -2.28. The maximum atomic E-state index is 12.3. The van der Waals surface area contributed by atoms with Crippen LogP contribution < -0.4 is 5.32 Å². The van der Waals surface area contributed by atoms with Gasteiger partial charge in [0.15, 0.2) is 0 Å². The zero-order valence-corrected chi connectivity index (χ0v) is 19.1. The number of hydrogen-bond donors (Lipinski definition) is 3. The van der Waals surface area contributed by atoms with E-state index >= 15 is 0 Å². The van der Waals surface area contributed by atoms with Crippen molar-refractivity contribution in [1.82, 2.24) is 24.9 Å². The maximum Gasteiger partial charge on any atom is 0.317 e. The van der Waals surface area contributed by atoms with Crippen LogP contribution in [0.2, 0.25) is 0 Å². The van der Waals surface area contributed by atoms with Gasteiger partial charge in [-0.15, -0.1) is 0 Å². The summed E-state index contributed by atoms with van der Waals surface area (Å²) in [6.07, 6.45) is 0. The summed E-state index contributed by atoms with van der Waals surface area (Å²) < 4.78 is 4.89. The van der Waals surface area contributed by atoms with Gasteiger partial charge in [0, 0.05) is 58.9 Å². The van der Waals surface area contributed by atoms with Crippen LogP contribution in [0.3, 0.4) is 0 Å². The number of rotatable bonds is 11. The molecule has 0 spiro atoms. The molecule has 0 aliphatic carbocycles. The van der Waals surface area contributed by atoms with Gasteiger partial charge in [0.25, 0.3) is 6.47 Å². The van der Waals surface area contributed by atoms with Gasteiger partial charge in [-0.25, -0.2) is 0 Å². The van der Waals surface area contributed by atoms with Gasteiger partial charge in [-0.1, -0.05) is 13.8 Å². The lowest BCUT2D eigenvalue weighted by molar-refractivity contribution is -0.140. The van der Waals surface area contributed by atoms with Crippen molar-refractivity contribution in [2.24, 2.45) is 5.92 Å². The quantitative estimate of drug-likeness (QED) is 0.304. The molecule has 1 aliphatic rings. The molecule has 0 unspecified atom stereocenters. The fraction of sp³-hybridized carbons (Fsp3) is 0.800. The molecule has 1 amide bonds. The highest BCUT2D eigenvalue weighted by Crippen LogP contribution is 2.01. The van der Waals surface area contributed by atoms with Crippen LogP contribution in [0.1, 0.15) is 13.8 Å². The van der Waals surface area contributed by atoms with Crippen molar-refractivity contribution < 1.29 is 34.1 Å². The van der Waals surface area contributed by atoms with Gasteiger partial charge in [0.1, 0.15) is 6.73 Å². The molecule has 1 aliphatic heterocycles. The number of carbonyl (C=O) groups excluding carboxylic acids is 2. The lowest BCUT2D eigenvalue weighted by Crippen LogP contribution is -2.49. The molecule has 0 aromatic heterocycles. The van der Waals surface area contributed by atoms with Crippen LogP contribution in [0, 0.1) is 5.92 Å². The van der Waals surface area contributed by atoms with Gasteiger partial charge >= 0.3 is 11.9 Å². The maximum absolute atomic E-state index is 12.3. The molecule has 1 saturated heterocycles. The molecule has 32 heavy (non-hydrogen) atoms. The van der Waals surface area contributed by atoms with Crippen LogP contribution in [0.4, 0.5) is 0 Å². The second kappa shape index (κ2) is 15.5. The summed E-state index contributed by atoms with van der Waals surface area (Å²) in [7, 11) is 0. The predicted octanol–water partition coefficient (Wildman–Crippen LogP) is -1.72. The molecule has 1 heterocycles. The third kappa shape index (κ3) is 13.2. The molecule has 0 aromatic carbocycles. The Bertz CT molecular complexity index is 605. The van der Waals surface area contributed by atoms with Gasteiger partial charge in [-0.3, -0.25) is 38.8 Å².